The Morgan fingerprint density at radius 3 is 2.88 bits per heavy atom. The van der Waals surface area contributed by atoms with Crippen molar-refractivity contribution in [2.45, 2.75) is 13.0 Å². The number of hydrogen-bond donors (Lipinski definition) is 3. The van der Waals surface area contributed by atoms with Crippen LogP contribution in [0.15, 0.2) is 48.7 Å². The van der Waals surface area contributed by atoms with E-state index in [2.05, 4.69) is 15.3 Å². The Labute approximate surface area is 143 Å². The maximum absolute atomic E-state index is 12.4. The van der Waals surface area contributed by atoms with Crippen LogP contribution in [0.3, 0.4) is 0 Å². The zero-order valence-corrected chi connectivity index (χ0v) is 13.7. The number of aromatic hydroxyl groups is 1. The molecular formula is C17H16N4O2S. The number of hydrogen-bond acceptors (Lipinski definition) is 6. The lowest BCUT2D eigenvalue weighted by Gasteiger charge is -2.13. The van der Waals surface area contributed by atoms with Crippen molar-refractivity contribution in [2.24, 2.45) is 0 Å². The van der Waals surface area contributed by atoms with Gasteiger partial charge in [0.2, 0.25) is 5.95 Å². The summed E-state index contributed by atoms with van der Waals surface area (Å²) in [4.78, 5) is 21.8. The molecule has 4 N–H and O–H groups in total. The molecule has 0 fully saturated rings. The van der Waals surface area contributed by atoms with Gasteiger partial charge < -0.3 is 16.2 Å². The van der Waals surface area contributed by atoms with Crippen LogP contribution in [-0.4, -0.2) is 21.0 Å². The van der Waals surface area contributed by atoms with E-state index < -0.39 is 0 Å². The standard InChI is InChI=1S/C17H16N4O2S/c1-10(11-3-2-4-12(22)9-11)20-16(23)15-6-5-14(24-15)13-7-8-19-17(18)21-13/h2-10,22H,1H3,(H,20,23)(H2,18,19,21). The average molecular weight is 340 g/mol. The summed E-state index contributed by atoms with van der Waals surface area (Å²) < 4.78 is 0. The number of benzene rings is 1. The molecular weight excluding hydrogens is 324 g/mol. The molecule has 7 heteroatoms. The van der Waals surface area contributed by atoms with Gasteiger partial charge in [0.25, 0.3) is 5.91 Å². The van der Waals surface area contributed by atoms with Crippen LogP contribution < -0.4 is 11.1 Å². The van der Waals surface area contributed by atoms with Gasteiger partial charge in [-0.1, -0.05) is 12.1 Å². The molecule has 24 heavy (non-hydrogen) atoms. The molecule has 3 aromatic rings. The van der Waals surface area contributed by atoms with Crippen LogP contribution in [0.2, 0.25) is 0 Å². The van der Waals surface area contributed by atoms with E-state index in [4.69, 9.17) is 5.73 Å². The Hall–Kier alpha value is -2.93. The van der Waals surface area contributed by atoms with Crippen LogP contribution in [0.1, 0.15) is 28.2 Å². The number of thiophene rings is 1. The lowest BCUT2D eigenvalue weighted by molar-refractivity contribution is 0.0944. The Morgan fingerprint density at radius 1 is 1.29 bits per heavy atom. The van der Waals surface area contributed by atoms with Gasteiger partial charge in [0.15, 0.2) is 0 Å². The van der Waals surface area contributed by atoms with Gasteiger partial charge in [-0.2, -0.15) is 0 Å². The minimum absolute atomic E-state index is 0.174. The Bertz CT molecular complexity index is 878. The molecule has 2 heterocycles. The van der Waals surface area contributed by atoms with Gasteiger partial charge in [-0.3, -0.25) is 4.79 Å². The van der Waals surface area contributed by atoms with Crippen LogP contribution in [0.5, 0.6) is 5.75 Å². The van der Waals surface area contributed by atoms with Crippen molar-refractivity contribution >= 4 is 23.2 Å². The highest BCUT2D eigenvalue weighted by atomic mass is 32.1. The topological polar surface area (TPSA) is 101 Å². The van der Waals surface area contributed by atoms with Crippen LogP contribution in [0, 0.1) is 0 Å². The summed E-state index contributed by atoms with van der Waals surface area (Å²) in [6.07, 6.45) is 1.58. The van der Waals surface area contributed by atoms with E-state index in [-0.39, 0.29) is 23.6 Å². The number of anilines is 1. The van der Waals surface area contributed by atoms with Crippen LogP contribution in [-0.2, 0) is 0 Å². The van der Waals surface area contributed by atoms with E-state index in [1.54, 1.807) is 36.5 Å². The molecule has 0 aliphatic carbocycles. The predicted molar refractivity (Wildman–Crippen MR) is 93.7 cm³/mol. The summed E-state index contributed by atoms with van der Waals surface area (Å²) in [6, 6.07) is 11.9. The maximum atomic E-state index is 12.4. The van der Waals surface area contributed by atoms with Gasteiger partial charge in [0.1, 0.15) is 5.75 Å². The van der Waals surface area contributed by atoms with Crippen molar-refractivity contribution in [2.75, 3.05) is 5.73 Å². The number of nitrogens with zero attached hydrogens (tertiary/aromatic N) is 2. The Morgan fingerprint density at radius 2 is 2.12 bits per heavy atom. The molecule has 1 atom stereocenters. The molecule has 0 bridgehead atoms. The molecule has 0 saturated carbocycles. The second-order valence-electron chi connectivity index (χ2n) is 5.25. The van der Waals surface area contributed by atoms with E-state index in [0.29, 0.717) is 10.6 Å². The number of carbonyl (C=O) groups excluding carboxylic acids is 1. The number of carbonyl (C=O) groups is 1. The number of nitrogens with two attached hydrogens (primary N) is 1. The van der Waals surface area contributed by atoms with Crippen LogP contribution in [0.4, 0.5) is 5.95 Å². The molecule has 0 radical (unpaired) electrons. The highest BCUT2D eigenvalue weighted by Crippen LogP contribution is 2.27. The normalized spacial score (nSPS) is 11.9. The summed E-state index contributed by atoms with van der Waals surface area (Å²) in [7, 11) is 0. The monoisotopic (exact) mass is 340 g/mol. The fraction of sp³-hybridized carbons (Fsp3) is 0.118. The third-order valence-corrected chi connectivity index (χ3v) is 4.58. The SMILES string of the molecule is CC(NC(=O)c1ccc(-c2ccnc(N)n2)s1)c1cccc(O)c1. The zero-order valence-electron chi connectivity index (χ0n) is 12.9. The summed E-state index contributed by atoms with van der Waals surface area (Å²) in [5, 5.41) is 12.5. The molecule has 1 aromatic carbocycles. The minimum atomic E-state index is -0.218. The number of phenols is 1. The summed E-state index contributed by atoms with van der Waals surface area (Å²) >= 11 is 1.34. The zero-order chi connectivity index (χ0) is 17.1. The van der Waals surface area contributed by atoms with Gasteiger partial charge in [-0.25, -0.2) is 9.97 Å². The fourth-order valence-corrected chi connectivity index (χ4v) is 3.13. The first kappa shape index (κ1) is 15.9. The van der Waals surface area contributed by atoms with Gasteiger partial charge >= 0.3 is 0 Å². The van der Waals surface area contributed by atoms with Crippen LogP contribution >= 0.6 is 11.3 Å². The average Bonchev–Trinajstić information content (AvgIpc) is 3.05. The minimum Gasteiger partial charge on any atom is -0.508 e. The van der Waals surface area contributed by atoms with E-state index in [0.717, 1.165) is 10.4 Å². The number of nitrogens with one attached hydrogen (secondary N) is 1. The first-order chi connectivity index (χ1) is 11.5. The van der Waals surface area contributed by atoms with Crippen molar-refractivity contribution in [3.05, 3.63) is 59.1 Å². The molecule has 6 nitrogen and oxygen atoms in total. The van der Waals surface area contributed by atoms with E-state index in [1.807, 2.05) is 19.1 Å². The molecule has 2 aromatic heterocycles. The fourth-order valence-electron chi connectivity index (χ4n) is 2.25. The molecule has 0 aliphatic heterocycles. The van der Waals surface area contributed by atoms with Crippen LogP contribution in [0.25, 0.3) is 10.6 Å². The van der Waals surface area contributed by atoms with Gasteiger partial charge in [-0.15, -0.1) is 11.3 Å². The lowest BCUT2D eigenvalue weighted by Crippen LogP contribution is -2.25. The van der Waals surface area contributed by atoms with E-state index in [9.17, 15) is 9.90 Å². The number of phenolic OH excluding ortho intramolecular Hbond substituents is 1. The summed E-state index contributed by atoms with van der Waals surface area (Å²) in [5.41, 5.74) is 7.11. The lowest BCUT2D eigenvalue weighted by atomic mass is 10.1. The number of aromatic nitrogens is 2. The first-order valence-electron chi connectivity index (χ1n) is 7.31. The Balaban J connectivity index is 1.74. The molecule has 0 spiro atoms. The highest BCUT2D eigenvalue weighted by molar-refractivity contribution is 7.17. The molecule has 0 aliphatic rings. The van der Waals surface area contributed by atoms with Gasteiger partial charge in [-0.05, 0) is 42.8 Å². The van der Waals surface area contributed by atoms with Crippen molar-refractivity contribution in [3.8, 4) is 16.3 Å². The smallest absolute Gasteiger partial charge is 0.261 e. The number of rotatable bonds is 4. The first-order valence-corrected chi connectivity index (χ1v) is 8.13. The van der Waals surface area contributed by atoms with Gasteiger partial charge in [0.05, 0.1) is 21.5 Å². The quantitative estimate of drug-likeness (QED) is 0.678. The number of amides is 1. The van der Waals surface area contributed by atoms with Crippen molar-refractivity contribution in [1.82, 2.24) is 15.3 Å². The summed E-state index contributed by atoms with van der Waals surface area (Å²) in [5.74, 6) is 0.196. The predicted octanol–water partition coefficient (Wildman–Crippen LogP) is 2.98. The number of nitrogen functional groups attached to an aromatic ring is 1. The molecule has 122 valence electrons. The van der Waals surface area contributed by atoms with Crippen molar-refractivity contribution in [3.63, 3.8) is 0 Å². The maximum Gasteiger partial charge on any atom is 0.261 e. The Kier molecular flexibility index (Phi) is 4.43. The molecule has 1 amide bonds. The van der Waals surface area contributed by atoms with E-state index in [1.165, 1.54) is 11.3 Å². The third-order valence-electron chi connectivity index (χ3n) is 3.47. The van der Waals surface area contributed by atoms with Crippen molar-refractivity contribution < 1.29 is 9.90 Å². The van der Waals surface area contributed by atoms with E-state index >= 15 is 0 Å². The molecule has 1 unspecified atom stereocenters. The summed E-state index contributed by atoms with van der Waals surface area (Å²) in [6.45, 7) is 1.87. The largest absolute Gasteiger partial charge is 0.508 e. The molecule has 3 rings (SSSR count). The third kappa shape index (κ3) is 3.52. The molecule has 0 saturated heterocycles. The van der Waals surface area contributed by atoms with Gasteiger partial charge in [0, 0.05) is 6.20 Å². The second kappa shape index (κ2) is 6.67. The van der Waals surface area contributed by atoms with Crippen molar-refractivity contribution in [1.29, 1.82) is 0 Å². The second-order valence-corrected chi connectivity index (χ2v) is 6.34. The highest BCUT2D eigenvalue weighted by Gasteiger charge is 2.15.